The molecular weight excluding hydrogens is 364 g/mol. The van der Waals surface area contributed by atoms with Crippen LogP contribution in [0, 0.1) is 11.3 Å². The maximum Gasteiger partial charge on any atom is 0.221 e. The van der Waals surface area contributed by atoms with Gasteiger partial charge in [0.05, 0.1) is 13.2 Å². The quantitative estimate of drug-likeness (QED) is 0.657. The molecular formula is C21H21ClN2O3. The zero-order valence-electron chi connectivity index (χ0n) is 15.1. The third-order valence-electron chi connectivity index (χ3n) is 3.86. The van der Waals surface area contributed by atoms with E-state index in [2.05, 4.69) is 18.0 Å². The molecule has 0 spiro atoms. The van der Waals surface area contributed by atoms with Crippen molar-refractivity contribution in [1.82, 2.24) is 5.32 Å². The van der Waals surface area contributed by atoms with E-state index in [1.807, 2.05) is 12.1 Å². The third kappa shape index (κ3) is 6.05. The lowest BCUT2D eigenvalue weighted by Crippen LogP contribution is -2.27. The first-order valence-corrected chi connectivity index (χ1v) is 8.80. The molecule has 6 heteroatoms. The Balaban J connectivity index is 1.95. The lowest BCUT2D eigenvalue weighted by atomic mass is 10.1. The first-order valence-electron chi connectivity index (χ1n) is 8.42. The Morgan fingerprint density at radius 1 is 1.30 bits per heavy atom. The van der Waals surface area contributed by atoms with E-state index in [1.54, 1.807) is 43.5 Å². The molecule has 0 aromatic heterocycles. The minimum absolute atomic E-state index is 0.206. The van der Waals surface area contributed by atoms with E-state index in [4.69, 9.17) is 21.1 Å². The fourth-order valence-electron chi connectivity index (χ4n) is 2.47. The van der Waals surface area contributed by atoms with Crippen molar-refractivity contribution in [1.29, 1.82) is 5.26 Å². The molecule has 0 aliphatic rings. The maximum absolute atomic E-state index is 12.2. The molecule has 2 aromatic carbocycles. The van der Waals surface area contributed by atoms with Crippen LogP contribution in [0.4, 0.5) is 0 Å². The van der Waals surface area contributed by atoms with Crippen molar-refractivity contribution in [2.24, 2.45) is 0 Å². The first kappa shape index (κ1) is 20.3. The van der Waals surface area contributed by atoms with E-state index in [1.165, 1.54) is 0 Å². The van der Waals surface area contributed by atoms with Crippen LogP contribution in [0.1, 0.15) is 23.6 Å². The van der Waals surface area contributed by atoms with Crippen LogP contribution in [0.2, 0.25) is 5.02 Å². The predicted molar refractivity (Wildman–Crippen MR) is 105 cm³/mol. The molecule has 2 aromatic rings. The van der Waals surface area contributed by atoms with Crippen molar-refractivity contribution in [3.63, 3.8) is 0 Å². The van der Waals surface area contributed by atoms with Gasteiger partial charge in [0.2, 0.25) is 5.91 Å². The molecule has 0 aliphatic heterocycles. The number of carbonyl (C=O) groups excluding carboxylic acids is 1. The summed E-state index contributed by atoms with van der Waals surface area (Å²) in [6.45, 7) is 4.00. The van der Waals surface area contributed by atoms with Crippen molar-refractivity contribution in [3.05, 3.63) is 71.3 Å². The Kier molecular flexibility index (Phi) is 7.72. The summed E-state index contributed by atoms with van der Waals surface area (Å²) >= 11 is 5.85. The van der Waals surface area contributed by atoms with Crippen molar-refractivity contribution in [2.45, 2.75) is 18.9 Å². The smallest absolute Gasteiger partial charge is 0.221 e. The fourth-order valence-corrected chi connectivity index (χ4v) is 2.60. The number of rotatable bonds is 9. The van der Waals surface area contributed by atoms with Crippen LogP contribution in [-0.2, 0) is 11.2 Å². The van der Waals surface area contributed by atoms with Crippen molar-refractivity contribution >= 4 is 17.5 Å². The van der Waals surface area contributed by atoms with Crippen LogP contribution in [-0.4, -0.2) is 19.6 Å². The zero-order valence-corrected chi connectivity index (χ0v) is 15.8. The number of halogens is 1. The molecule has 0 bridgehead atoms. The van der Waals surface area contributed by atoms with Gasteiger partial charge < -0.3 is 14.8 Å². The summed E-state index contributed by atoms with van der Waals surface area (Å²) in [4.78, 5) is 12.2. The minimum atomic E-state index is -0.709. The van der Waals surface area contributed by atoms with Crippen LogP contribution >= 0.6 is 11.6 Å². The Morgan fingerprint density at radius 2 is 2.04 bits per heavy atom. The molecule has 27 heavy (non-hydrogen) atoms. The number of benzene rings is 2. The van der Waals surface area contributed by atoms with E-state index in [9.17, 15) is 10.1 Å². The lowest BCUT2D eigenvalue weighted by Gasteiger charge is -2.13. The molecule has 140 valence electrons. The predicted octanol–water partition coefficient (Wildman–Crippen LogP) is 4.23. The highest BCUT2D eigenvalue weighted by Gasteiger charge is 2.14. The van der Waals surface area contributed by atoms with E-state index in [-0.39, 0.29) is 12.3 Å². The monoisotopic (exact) mass is 384 g/mol. The summed E-state index contributed by atoms with van der Waals surface area (Å²) in [7, 11) is 1.57. The van der Waals surface area contributed by atoms with Gasteiger partial charge in [-0.2, -0.15) is 5.26 Å². The summed E-state index contributed by atoms with van der Waals surface area (Å²) in [5.41, 5.74) is 1.63. The number of nitrogens with one attached hydrogen (secondary N) is 1. The molecule has 5 nitrogen and oxygen atoms in total. The van der Waals surface area contributed by atoms with Crippen LogP contribution in [0.25, 0.3) is 0 Å². The average Bonchev–Trinajstić information content (AvgIpc) is 2.69. The van der Waals surface area contributed by atoms with Gasteiger partial charge in [-0.3, -0.25) is 4.79 Å². The van der Waals surface area contributed by atoms with Gasteiger partial charge in [-0.05, 0) is 41.8 Å². The molecule has 0 saturated heterocycles. The minimum Gasteiger partial charge on any atom is -0.493 e. The van der Waals surface area contributed by atoms with Gasteiger partial charge in [-0.25, -0.2) is 0 Å². The van der Waals surface area contributed by atoms with Gasteiger partial charge in [0, 0.05) is 11.4 Å². The number of ether oxygens (including phenoxy) is 2. The van der Waals surface area contributed by atoms with Gasteiger partial charge in [-0.1, -0.05) is 42.5 Å². The summed E-state index contributed by atoms with van der Waals surface area (Å²) < 4.78 is 10.8. The number of aryl methyl sites for hydroxylation is 1. The Labute approximate surface area is 164 Å². The number of methoxy groups -OCH3 is 1. The Hall–Kier alpha value is -2.97. The fraction of sp³-hybridized carbons (Fsp3) is 0.238. The van der Waals surface area contributed by atoms with E-state index in [0.717, 1.165) is 5.56 Å². The number of amides is 1. The summed E-state index contributed by atoms with van der Waals surface area (Å²) in [6.07, 6.45) is 2.43. The summed E-state index contributed by atoms with van der Waals surface area (Å²) in [6, 6.07) is 13.7. The molecule has 0 heterocycles. The standard InChI is InChI=1S/C21H21ClN2O3/c1-3-12-27-19-10-4-15(13-20(19)26-2)5-11-21(25)24-18(14-23)16-6-8-17(22)9-7-16/h3-4,6-10,13,18H,1,5,11-12H2,2H3,(H,24,25). The van der Waals surface area contributed by atoms with E-state index in [0.29, 0.717) is 35.1 Å². The highest BCUT2D eigenvalue weighted by atomic mass is 35.5. The SMILES string of the molecule is C=CCOc1ccc(CCC(=O)NC(C#N)c2ccc(Cl)cc2)cc1OC. The lowest BCUT2D eigenvalue weighted by molar-refractivity contribution is -0.121. The highest BCUT2D eigenvalue weighted by Crippen LogP contribution is 2.28. The van der Waals surface area contributed by atoms with Crippen LogP contribution in [0.5, 0.6) is 11.5 Å². The molecule has 1 atom stereocenters. The largest absolute Gasteiger partial charge is 0.493 e. The van der Waals surface area contributed by atoms with Gasteiger partial charge in [-0.15, -0.1) is 0 Å². The first-order chi connectivity index (χ1) is 13.1. The number of hydrogen-bond donors (Lipinski definition) is 1. The molecule has 0 fully saturated rings. The number of hydrogen-bond acceptors (Lipinski definition) is 4. The van der Waals surface area contributed by atoms with Gasteiger partial charge in [0.15, 0.2) is 11.5 Å². The van der Waals surface area contributed by atoms with Crippen molar-refractivity contribution < 1.29 is 14.3 Å². The second-order valence-corrected chi connectivity index (χ2v) is 6.20. The van der Waals surface area contributed by atoms with Crippen LogP contribution in [0.15, 0.2) is 55.1 Å². The maximum atomic E-state index is 12.2. The molecule has 1 N–H and O–H groups in total. The number of nitriles is 1. The topological polar surface area (TPSA) is 71.3 Å². The molecule has 0 saturated carbocycles. The van der Waals surface area contributed by atoms with Gasteiger partial charge in [0.25, 0.3) is 0 Å². The summed E-state index contributed by atoms with van der Waals surface area (Å²) in [5, 5.41) is 12.6. The second-order valence-electron chi connectivity index (χ2n) is 5.77. The molecule has 0 radical (unpaired) electrons. The average molecular weight is 385 g/mol. The highest BCUT2D eigenvalue weighted by molar-refractivity contribution is 6.30. The normalized spacial score (nSPS) is 11.1. The van der Waals surface area contributed by atoms with Crippen LogP contribution < -0.4 is 14.8 Å². The molecule has 0 aliphatic carbocycles. The zero-order chi connectivity index (χ0) is 19.6. The van der Waals surface area contributed by atoms with Crippen LogP contribution in [0.3, 0.4) is 0 Å². The van der Waals surface area contributed by atoms with Gasteiger partial charge in [0.1, 0.15) is 12.6 Å². The number of carbonyl (C=O) groups is 1. The third-order valence-corrected chi connectivity index (χ3v) is 4.12. The Morgan fingerprint density at radius 3 is 2.67 bits per heavy atom. The number of nitrogens with zero attached hydrogens (tertiary/aromatic N) is 1. The Bertz CT molecular complexity index is 828. The van der Waals surface area contributed by atoms with Crippen molar-refractivity contribution in [2.75, 3.05) is 13.7 Å². The van der Waals surface area contributed by atoms with Gasteiger partial charge >= 0.3 is 0 Å². The second kappa shape index (κ2) is 10.2. The van der Waals surface area contributed by atoms with E-state index < -0.39 is 6.04 Å². The molecule has 2 rings (SSSR count). The molecule has 1 amide bonds. The van der Waals surface area contributed by atoms with Crippen molar-refractivity contribution in [3.8, 4) is 17.6 Å². The van der Waals surface area contributed by atoms with E-state index >= 15 is 0 Å². The summed E-state index contributed by atoms with van der Waals surface area (Å²) in [5.74, 6) is 1.02. The molecule has 1 unspecified atom stereocenters.